The van der Waals surface area contributed by atoms with Gasteiger partial charge in [-0.1, -0.05) is 11.6 Å². The number of unbranched alkanes of at least 4 members (excludes halogenated alkanes) is 2. The van der Waals surface area contributed by atoms with Crippen LogP contribution in [0.3, 0.4) is 0 Å². The Balaban J connectivity index is 3.74. The molecular formula is C10H15N5O4. The molecule has 0 saturated heterocycles. The lowest BCUT2D eigenvalue weighted by Gasteiger charge is -2.05. The number of imide groups is 1. The van der Waals surface area contributed by atoms with Crippen molar-refractivity contribution in [1.82, 2.24) is 10.6 Å². The quantitative estimate of drug-likeness (QED) is 0.206. The van der Waals surface area contributed by atoms with Gasteiger partial charge in [0.1, 0.15) is 6.07 Å². The number of urea groups is 1. The zero-order valence-corrected chi connectivity index (χ0v) is 10.2. The van der Waals surface area contributed by atoms with Gasteiger partial charge < -0.3 is 16.3 Å². The molecule has 0 radical (unpaired) electrons. The van der Waals surface area contributed by atoms with Crippen LogP contribution in [0.2, 0.25) is 0 Å². The summed E-state index contributed by atoms with van der Waals surface area (Å²) >= 11 is 0. The standard InChI is InChI=1S/C10H15N5O4/c11-6-7(15-19)9(17)14-10(18)13-5-3-1-2-4-8(12)16/h19H,1-5H2,(H2,12,16)(H2,13,14,17,18)/b15-7-. The van der Waals surface area contributed by atoms with E-state index in [-0.39, 0.29) is 5.91 Å². The molecule has 0 bridgehead atoms. The van der Waals surface area contributed by atoms with Gasteiger partial charge in [0.2, 0.25) is 11.6 Å². The number of amides is 4. The number of nitriles is 1. The largest absolute Gasteiger partial charge is 0.410 e. The number of rotatable bonds is 7. The fourth-order valence-corrected chi connectivity index (χ4v) is 1.13. The summed E-state index contributed by atoms with van der Waals surface area (Å²) in [6, 6.07) is 0.521. The molecule has 9 heteroatoms. The highest BCUT2D eigenvalue weighted by Gasteiger charge is 2.14. The van der Waals surface area contributed by atoms with Crippen LogP contribution < -0.4 is 16.4 Å². The van der Waals surface area contributed by atoms with Crippen LogP contribution in [-0.4, -0.2) is 35.3 Å². The highest BCUT2D eigenvalue weighted by molar-refractivity contribution is 6.46. The fourth-order valence-electron chi connectivity index (χ4n) is 1.13. The van der Waals surface area contributed by atoms with Gasteiger partial charge in [-0.15, -0.1) is 0 Å². The van der Waals surface area contributed by atoms with E-state index in [9.17, 15) is 14.4 Å². The molecule has 0 rings (SSSR count). The summed E-state index contributed by atoms with van der Waals surface area (Å²) in [6.07, 6.45) is 2.25. The fraction of sp³-hybridized carbons (Fsp3) is 0.500. The summed E-state index contributed by atoms with van der Waals surface area (Å²) in [6.45, 7) is 0.302. The Bertz CT molecular complexity index is 413. The molecule has 0 atom stereocenters. The Hall–Kier alpha value is -2.63. The molecule has 0 saturated carbocycles. The predicted octanol–water partition coefficient (Wildman–Crippen LogP) is -0.788. The maximum Gasteiger partial charge on any atom is 0.321 e. The van der Waals surface area contributed by atoms with Crippen molar-refractivity contribution in [3.8, 4) is 6.07 Å². The van der Waals surface area contributed by atoms with E-state index >= 15 is 0 Å². The minimum atomic E-state index is -1.09. The Morgan fingerprint density at radius 3 is 2.47 bits per heavy atom. The van der Waals surface area contributed by atoms with Gasteiger partial charge in [0.15, 0.2) is 0 Å². The van der Waals surface area contributed by atoms with Crippen LogP contribution in [-0.2, 0) is 9.59 Å². The van der Waals surface area contributed by atoms with Gasteiger partial charge in [0.25, 0.3) is 5.91 Å². The molecule has 0 aliphatic rings. The Morgan fingerprint density at radius 1 is 1.26 bits per heavy atom. The summed E-state index contributed by atoms with van der Waals surface area (Å²) in [5.74, 6) is -1.46. The second kappa shape index (κ2) is 9.41. The molecule has 19 heavy (non-hydrogen) atoms. The summed E-state index contributed by atoms with van der Waals surface area (Å²) in [5, 5.41) is 23.2. The first kappa shape index (κ1) is 16.4. The summed E-state index contributed by atoms with van der Waals surface area (Å²) in [4.78, 5) is 32.7. The van der Waals surface area contributed by atoms with Crippen LogP contribution in [0.1, 0.15) is 25.7 Å². The van der Waals surface area contributed by atoms with Crippen molar-refractivity contribution >= 4 is 23.6 Å². The van der Waals surface area contributed by atoms with Crippen molar-refractivity contribution in [3.63, 3.8) is 0 Å². The lowest BCUT2D eigenvalue weighted by Crippen LogP contribution is -2.42. The maximum atomic E-state index is 11.2. The number of nitrogens with one attached hydrogen (secondary N) is 2. The summed E-state index contributed by atoms with van der Waals surface area (Å²) < 4.78 is 0. The van der Waals surface area contributed by atoms with Gasteiger partial charge in [-0.2, -0.15) is 5.26 Å². The number of nitrogens with zero attached hydrogens (tertiary/aromatic N) is 2. The number of oxime groups is 1. The molecule has 0 aliphatic carbocycles. The van der Waals surface area contributed by atoms with E-state index in [1.807, 2.05) is 5.32 Å². The van der Waals surface area contributed by atoms with Crippen LogP contribution in [0.15, 0.2) is 5.16 Å². The average Bonchev–Trinajstić information content (AvgIpc) is 2.34. The first-order valence-corrected chi connectivity index (χ1v) is 5.51. The van der Waals surface area contributed by atoms with Gasteiger partial charge >= 0.3 is 6.03 Å². The Kier molecular flexibility index (Phi) is 8.10. The number of hydrogen-bond donors (Lipinski definition) is 4. The van der Waals surface area contributed by atoms with Crippen LogP contribution in [0.5, 0.6) is 0 Å². The minimum Gasteiger partial charge on any atom is -0.410 e. The van der Waals surface area contributed by atoms with Crippen molar-refractivity contribution in [1.29, 1.82) is 5.26 Å². The van der Waals surface area contributed by atoms with E-state index in [0.717, 1.165) is 0 Å². The molecule has 0 unspecified atom stereocenters. The monoisotopic (exact) mass is 269 g/mol. The van der Waals surface area contributed by atoms with Gasteiger partial charge in [0, 0.05) is 13.0 Å². The average molecular weight is 269 g/mol. The molecular weight excluding hydrogens is 254 g/mol. The third-order valence-corrected chi connectivity index (χ3v) is 2.03. The molecule has 4 amide bonds. The second-order valence-corrected chi connectivity index (χ2v) is 3.55. The molecule has 0 heterocycles. The molecule has 0 aromatic carbocycles. The Labute approximate surface area is 109 Å². The van der Waals surface area contributed by atoms with Crippen LogP contribution in [0.4, 0.5) is 4.79 Å². The molecule has 0 spiro atoms. The zero-order valence-electron chi connectivity index (χ0n) is 10.2. The van der Waals surface area contributed by atoms with Crippen molar-refractivity contribution in [2.75, 3.05) is 6.54 Å². The normalized spacial score (nSPS) is 10.4. The highest BCUT2D eigenvalue weighted by atomic mass is 16.4. The van der Waals surface area contributed by atoms with E-state index in [2.05, 4.69) is 10.5 Å². The first-order valence-electron chi connectivity index (χ1n) is 5.51. The molecule has 0 aliphatic heterocycles. The van der Waals surface area contributed by atoms with Crippen LogP contribution in [0.25, 0.3) is 0 Å². The van der Waals surface area contributed by atoms with Gasteiger partial charge in [-0.05, 0) is 12.8 Å². The van der Waals surface area contributed by atoms with Gasteiger partial charge in [0.05, 0.1) is 0 Å². The number of hydrogen-bond acceptors (Lipinski definition) is 6. The number of carbonyl (C=O) groups excluding carboxylic acids is 3. The van der Waals surface area contributed by atoms with E-state index < -0.39 is 17.6 Å². The molecule has 104 valence electrons. The smallest absolute Gasteiger partial charge is 0.321 e. The van der Waals surface area contributed by atoms with Crippen molar-refractivity contribution in [2.45, 2.75) is 25.7 Å². The third kappa shape index (κ3) is 8.14. The minimum absolute atomic E-state index is 0.295. The zero-order chi connectivity index (χ0) is 14.7. The molecule has 5 N–H and O–H groups in total. The lowest BCUT2D eigenvalue weighted by molar-refractivity contribution is -0.118. The SMILES string of the molecule is N#C/C(=N/O)C(=O)NC(=O)NCCCCCC(N)=O. The number of nitrogens with two attached hydrogens (primary N) is 1. The number of primary amides is 1. The second-order valence-electron chi connectivity index (χ2n) is 3.55. The van der Waals surface area contributed by atoms with E-state index in [1.54, 1.807) is 0 Å². The van der Waals surface area contributed by atoms with Gasteiger partial charge in [-0.25, -0.2) is 4.79 Å². The van der Waals surface area contributed by atoms with Crippen LogP contribution in [0, 0.1) is 11.3 Å². The first-order chi connectivity index (χ1) is 9.01. The van der Waals surface area contributed by atoms with E-state index in [1.165, 1.54) is 6.07 Å². The van der Waals surface area contributed by atoms with E-state index in [0.29, 0.717) is 32.2 Å². The summed E-state index contributed by atoms with van der Waals surface area (Å²) in [5.41, 5.74) is 4.14. The van der Waals surface area contributed by atoms with E-state index in [4.69, 9.17) is 16.2 Å². The Morgan fingerprint density at radius 2 is 1.95 bits per heavy atom. The van der Waals surface area contributed by atoms with Gasteiger partial charge in [-0.3, -0.25) is 14.9 Å². The topological polar surface area (TPSA) is 158 Å². The van der Waals surface area contributed by atoms with Crippen LogP contribution >= 0.6 is 0 Å². The lowest BCUT2D eigenvalue weighted by atomic mass is 10.2. The highest BCUT2D eigenvalue weighted by Crippen LogP contribution is 1.97. The molecule has 0 aromatic heterocycles. The maximum absolute atomic E-state index is 11.2. The van der Waals surface area contributed by atoms with Crippen molar-refractivity contribution in [2.24, 2.45) is 10.9 Å². The molecule has 0 fully saturated rings. The third-order valence-electron chi connectivity index (χ3n) is 2.03. The molecule has 9 nitrogen and oxygen atoms in total. The predicted molar refractivity (Wildman–Crippen MR) is 64.0 cm³/mol. The summed E-state index contributed by atoms with van der Waals surface area (Å²) in [7, 11) is 0. The number of carbonyl (C=O) groups is 3. The van der Waals surface area contributed by atoms with Crippen molar-refractivity contribution < 1.29 is 19.6 Å². The molecule has 0 aromatic rings. The van der Waals surface area contributed by atoms with Crippen molar-refractivity contribution in [3.05, 3.63) is 0 Å².